The van der Waals surface area contributed by atoms with Crippen LogP contribution in [0, 0.1) is 5.92 Å². The molecule has 2 rings (SSSR count). The van der Waals surface area contributed by atoms with Gasteiger partial charge in [0.15, 0.2) is 0 Å². The number of thiol groups is 1. The molecule has 1 aromatic rings. The minimum Gasteiger partial charge on any atom is -0.274 e. The fourth-order valence-electron chi connectivity index (χ4n) is 2.08. The largest absolute Gasteiger partial charge is 0.289 e. The molecule has 6 nitrogen and oxygen atoms in total. The highest BCUT2D eigenvalue weighted by Gasteiger charge is 2.23. The van der Waals surface area contributed by atoms with Gasteiger partial charge >= 0.3 is 0 Å². The van der Waals surface area contributed by atoms with Crippen molar-refractivity contribution in [1.29, 1.82) is 0 Å². The summed E-state index contributed by atoms with van der Waals surface area (Å²) < 4.78 is 0. The third-order valence-electron chi connectivity index (χ3n) is 3.27. The molecule has 7 heteroatoms. The van der Waals surface area contributed by atoms with E-state index < -0.39 is 5.24 Å². The molecule has 0 aliphatic carbocycles. The highest BCUT2D eigenvalue weighted by molar-refractivity contribution is 7.97. The summed E-state index contributed by atoms with van der Waals surface area (Å²) in [7, 11) is 0. The van der Waals surface area contributed by atoms with Crippen molar-refractivity contribution in [3.63, 3.8) is 0 Å². The molecule has 1 aliphatic heterocycles. The highest BCUT2D eigenvalue weighted by Crippen LogP contribution is 2.21. The lowest BCUT2D eigenvalue weighted by Gasteiger charge is -2.21. The molecule has 22 heavy (non-hydrogen) atoms. The van der Waals surface area contributed by atoms with Crippen LogP contribution in [0.1, 0.15) is 32.3 Å². The van der Waals surface area contributed by atoms with Crippen LogP contribution in [0.5, 0.6) is 0 Å². The molecular weight excluding hydrogens is 302 g/mol. The van der Waals surface area contributed by atoms with Crippen LogP contribution >= 0.6 is 12.6 Å². The third kappa shape index (κ3) is 3.54. The first-order valence-electron chi connectivity index (χ1n) is 6.93. The molecule has 0 unspecified atom stereocenters. The van der Waals surface area contributed by atoms with Crippen molar-refractivity contribution < 1.29 is 14.4 Å². The first-order valence-corrected chi connectivity index (χ1v) is 7.37. The Hall–Kier alpha value is -2.15. The lowest BCUT2D eigenvalue weighted by atomic mass is 10.0. The SMILES string of the molecule is CC(C)C(=O)N(C(=O)S)c1ccc(C2=NNC(=O)CC2)cc1. The van der Waals surface area contributed by atoms with Crippen LogP contribution in [0.3, 0.4) is 0 Å². The summed E-state index contributed by atoms with van der Waals surface area (Å²) in [5, 5.41) is 3.39. The first-order chi connectivity index (χ1) is 10.4. The number of amides is 3. The van der Waals surface area contributed by atoms with Crippen LogP contribution in [0.4, 0.5) is 10.5 Å². The normalized spacial score (nSPS) is 14.4. The molecule has 1 heterocycles. The van der Waals surface area contributed by atoms with Gasteiger partial charge in [-0.2, -0.15) is 5.10 Å². The number of hydrogen-bond acceptors (Lipinski definition) is 4. The maximum atomic E-state index is 12.1. The van der Waals surface area contributed by atoms with Gasteiger partial charge in [-0.3, -0.25) is 14.4 Å². The van der Waals surface area contributed by atoms with Crippen molar-refractivity contribution in [2.24, 2.45) is 11.0 Å². The summed E-state index contributed by atoms with van der Waals surface area (Å²) in [5.41, 5.74) is 4.51. The Kier molecular flexibility index (Phi) is 4.97. The number of nitrogens with zero attached hydrogens (tertiary/aromatic N) is 2. The van der Waals surface area contributed by atoms with Gasteiger partial charge in [-0.1, -0.05) is 38.6 Å². The van der Waals surface area contributed by atoms with Crippen LogP contribution in [0.2, 0.25) is 0 Å². The molecule has 0 spiro atoms. The van der Waals surface area contributed by atoms with Gasteiger partial charge < -0.3 is 0 Å². The molecule has 1 N–H and O–H groups in total. The molecule has 1 aromatic carbocycles. The van der Waals surface area contributed by atoms with Crippen molar-refractivity contribution in [2.45, 2.75) is 26.7 Å². The summed E-state index contributed by atoms with van der Waals surface area (Å²) in [6.45, 7) is 3.44. The van der Waals surface area contributed by atoms with E-state index in [1.165, 1.54) is 0 Å². The Morgan fingerprint density at radius 3 is 2.32 bits per heavy atom. The monoisotopic (exact) mass is 319 g/mol. The van der Waals surface area contributed by atoms with Crippen molar-refractivity contribution in [3.05, 3.63) is 29.8 Å². The number of imide groups is 1. The minimum atomic E-state index is -0.617. The van der Waals surface area contributed by atoms with Gasteiger partial charge in [0.1, 0.15) is 0 Å². The third-order valence-corrected chi connectivity index (χ3v) is 3.47. The van der Waals surface area contributed by atoms with E-state index in [2.05, 4.69) is 23.2 Å². The fraction of sp³-hybridized carbons (Fsp3) is 0.333. The summed E-state index contributed by atoms with van der Waals surface area (Å²) in [5.74, 6) is -0.724. The smallest absolute Gasteiger partial charge is 0.274 e. The Morgan fingerprint density at radius 2 is 1.86 bits per heavy atom. The highest BCUT2D eigenvalue weighted by atomic mass is 32.1. The zero-order chi connectivity index (χ0) is 16.3. The summed E-state index contributed by atoms with van der Waals surface area (Å²) in [4.78, 5) is 35.8. The van der Waals surface area contributed by atoms with Gasteiger partial charge in [-0.05, 0) is 17.7 Å². The molecular formula is C15H17N3O3S. The molecule has 0 saturated carbocycles. The molecule has 3 amide bonds. The van der Waals surface area contributed by atoms with E-state index in [-0.39, 0.29) is 17.7 Å². The number of hydrogen-bond donors (Lipinski definition) is 2. The summed E-state index contributed by atoms with van der Waals surface area (Å²) >= 11 is 3.77. The fourth-order valence-corrected chi connectivity index (χ4v) is 2.29. The van der Waals surface area contributed by atoms with E-state index in [9.17, 15) is 14.4 Å². The molecule has 1 aliphatic rings. The predicted molar refractivity (Wildman–Crippen MR) is 87.1 cm³/mol. The van der Waals surface area contributed by atoms with Crippen LogP contribution in [0.25, 0.3) is 0 Å². The number of benzene rings is 1. The van der Waals surface area contributed by atoms with Gasteiger partial charge in [0.05, 0.1) is 11.4 Å². The Bertz CT molecular complexity index is 638. The van der Waals surface area contributed by atoms with E-state index in [4.69, 9.17) is 0 Å². The molecule has 116 valence electrons. The van der Waals surface area contributed by atoms with Crippen LogP contribution in [-0.2, 0) is 9.59 Å². The van der Waals surface area contributed by atoms with Gasteiger partial charge in [0, 0.05) is 18.8 Å². The van der Waals surface area contributed by atoms with Crippen LogP contribution in [0.15, 0.2) is 29.4 Å². The Morgan fingerprint density at radius 1 is 1.23 bits per heavy atom. The van der Waals surface area contributed by atoms with Gasteiger partial charge in [0.25, 0.3) is 5.24 Å². The summed E-state index contributed by atoms with van der Waals surface area (Å²) in [6.07, 6.45) is 0.957. The first kappa shape index (κ1) is 16.2. The van der Waals surface area contributed by atoms with Crippen LogP contribution in [-0.4, -0.2) is 22.8 Å². The summed E-state index contributed by atoms with van der Waals surface area (Å²) in [6, 6.07) is 6.87. The maximum Gasteiger partial charge on any atom is 0.289 e. The number of carbonyl (C=O) groups is 3. The minimum absolute atomic E-state index is 0.102. The van der Waals surface area contributed by atoms with Gasteiger partial charge in [-0.25, -0.2) is 10.3 Å². The van der Waals surface area contributed by atoms with E-state index in [1.54, 1.807) is 38.1 Å². The topological polar surface area (TPSA) is 78.8 Å². The van der Waals surface area contributed by atoms with Crippen LogP contribution < -0.4 is 10.3 Å². The second kappa shape index (κ2) is 6.74. The van der Waals surface area contributed by atoms with Crippen molar-refractivity contribution in [1.82, 2.24) is 5.43 Å². The van der Waals surface area contributed by atoms with E-state index in [1.807, 2.05) is 0 Å². The number of anilines is 1. The quantitative estimate of drug-likeness (QED) is 0.839. The molecule has 0 saturated heterocycles. The van der Waals surface area contributed by atoms with E-state index >= 15 is 0 Å². The zero-order valence-electron chi connectivity index (χ0n) is 12.4. The molecule has 0 aromatic heterocycles. The Balaban J connectivity index is 2.25. The lowest BCUT2D eigenvalue weighted by Crippen LogP contribution is -2.36. The lowest BCUT2D eigenvalue weighted by molar-refractivity contribution is -0.121. The predicted octanol–water partition coefficient (Wildman–Crippen LogP) is 2.34. The second-order valence-electron chi connectivity index (χ2n) is 5.25. The Labute approximate surface area is 134 Å². The average molecular weight is 319 g/mol. The van der Waals surface area contributed by atoms with E-state index in [0.717, 1.165) is 16.2 Å². The van der Waals surface area contributed by atoms with Crippen molar-refractivity contribution in [3.8, 4) is 0 Å². The maximum absolute atomic E-state index is 12.1. The van der Waals surface area contributed by atoms with Crippen molar-refractivity contribution >= 4 is 41.1 Å². The standard InChI is InChI=1S/C15H17N3O3S/c1-9(2)14(20)18(15(21)22)11-5-3-10(4-6-11)12-7-8-13(19)17-16-12/h3-6,9H,7-8H2,1-2H3,(H,17,19)(H,21,22). The number of nitrogens with one attached hydrogen (secondary N) is 1. The number of carbonyl (C=O) groups excluding carboxylic acids is 3. The molecule has 0 atom stereocenters. The van der Waals surface area contributed by atoms with Crippen molar-refractivity contribution in [2.75, 3.05) is 4.90 Å². The average Bonchev–Trinajstić information content (AvgIpc) is 2.48. The molecule has 0 bridgehead atoms. The number of hydrazone groups is 1. The number of rotatable bonds is 3. The zero-order valence-corrected chi connectivity index (χ0v) is 13.3. The van der Waals surface area contributed by atoms with E-state index in [0.29, 0.717) is 18.5 Å². The molecule has 0 fully saturated rings. The van der Waals surface area contributed by atoms with Gasteiger partial charge in [-0.15, -0.1) is 0 Å². The second-order valence-corrected chi connectivity index (χ2v) is 5.63. The van der Waals surface area contributed by atoms with Gasteiger partial charge in [0.2, 0.25) is 11.8 Å². The molecule has 0 radical (unpaired) electrons.